The predicted octanol–water partition coefficient (Wildman–Crippen LogP) is 2.90. The number of fused-ring (bicyclic) bond motifs is 2. The van der Waals surface area contributed by atoms with E-state index in [1.165, 1.54) is 17.1 Å². The van der Waals surface area contributed by atoms with Crippen LogP contribution in [0.4, 0.5) is 8.78 Å². The van der Waals surface area contributed by atoms with Crippen LogP contribution in [0.1, 0.15) is 29.9 Å². The number of hydrogen-bond acceptors (Lipinski definition) is 5. The summed E-state index contributed by atoms with van der Waals surface area (Å²) in [5.74, 6) is -3.48. The third-order valence-electron chi connectivity index (χ3n) is 6.34. The van der Waals surface area contributed by atoms with Gasteiger partial charge in [0.15, 0.2) is 23.1 Å². The molecule has 8 heteroatoms. The van der Waals surface area contributed by atoms with Crippen molar-refractivity contribution in [3.63, 3.8) is 0 Å². The summed E-state index contributed by atoms with van der Waals surface area (Å²) in [7, 11) is 0. The fourth-order valence-corrected chi connectivity index (χ4v) is 5.00. The zero-order valence-corrected chi connectivity index (χ0v) is 16.5. The monoisotopic (exact) mass is 425 g/mol. The molecular formula is C23H21F2N3O3. The van der Waals surface area contributed by atoms with Gasteiger partial charge < -0.3 is 15.1 Å². The summed E-state index contributed by atoms with van der Waals surface area (Å²) in [6.45, 7) is 0.484. The highest BCUT2D eigenvalue weighted by Gasteiger charge is 2.52. The number of benzene rings is 2. The van der Waals surface area contributed by atoms with Crippen molar-refractivity contribution in [2.75, 3.05) is 6.54 Å². The van der Waals surface area contributed by atoms with E-state index in [1.807, 2.05) is 30.3 Å². The molecular weight excluding hydrogens is 404 g/mol. The lowest BCUT2D eigenvalue weighted by Crippen LogP contribution is -2.60. The van der Waals surface area contributed by atoms with Crippen molar-refractivity contribution in [2.45, 2.75) is 36.9 Å². The van der Waals surface area contributed by atoms with Crippen molar-refractivity contribution in [3.8, 4) is 0 Å². The highest BCUT2D eigenvalue weighted by Crippen LogP contribution is 2.44. The Morgan fingerprint density at radius 2 is 1.87 bits per heavy atom. The van der Waals surface area contributed by atoms with E-state index in [0.29, 0.717) is 13.0 Å². The molecule has 160 valence electrons. The van der Waals surface area contributed by atoms with Crippen LogP contribution in [-0.4, -0.2) is 57.0 Å². The molecule has 3 aliphatic rings. The minimum atomic E-state index is -1.39. The number of rotatable bonds is 3. The first-order valence-corrected chi connectivity index (χ1v) is 10.2. The molecule has 0 saturated carbocycles. The molecule has 2 saturated heterocycles. The van der Waals surface area contributed by atoms with Crippen molar-refractivity contribution in [1.29, 1.82) is 0 Å². The van der Waals surface area contributed by atoms with E-state index in [0.717, 1.165) is 24.3 Å². The first kappa shape index (κ1) is 19.7. The quantitative estimate of drug-likeness (QED) is 0.793. The van der Waals surface area contributed by atoms with Gasteiger partial charge in [0.2, 0.25) is 0 Å². The molecule has 3 aliphatic heterocycles. The average Bonchev–Trinajstić information content (AvgIpc) is 3.26. The third kappa shape index (κ3) is 3.01. The van der Waals surface area contributed by atoms with Crippen LogP contribution in [0.25, 0.3) is 0 Å². The van der Waals surface area contributed by atoms with Crippen molar-refractivity contribution >= 4 is 12.1 Å². The molecule has 3 heterocycles. The van der Waals surface area contributed by atoms with Gasteiger partial charge in [-0.2, -0.15) is 5.10 Å². The Bertz CT molecular complexity index is 1090. The van der Waals surface area contributed by atoms with Crippen molar-refractivity contribution < 1.29 is 23.8 Å². The van der Waals surface area contributed by atoms with Gasteiger partial charge in [0.1, 0.15) is 6.10 Å². The van der Waals surface area contributed by atoms with Crippen LogP contribution < -0.4 is 0 Å². The van der Waals surface area contributed by atoms with Gasteiger partial charge in [-0.3, -0.25) is 9.80 Å². The predicted molar refractivity (Wildman–Crippen MR) is 109 cm³/mol. The summed E-state index contributed by atoms with van der Waals surface area (Å²) in [6.07, 6.45) is 1.16. The van der Waals surface area contributed by atoms with E-state index in [1.54, 1.807) is 4.90 Å². The van der Waals surface area contributed by atoms with E-state index >= 15 is 4.39 Å². The summed E-state index contributed by atoms with van der Waals surface area (Å²) < 4.78 is 29.3. The average molecular weight is 425 g/mol. The lowest BCUT2D eigenvalue weighted by Gasteiger charge is -2.48. The van der Waals surface area contributed by atoms with Gasteiger partial charge >= 0.3 is 0 Å². The molecule has 0 radical (unpaired) electrons. The van der Waals surface area contributed by atoms with Gasteiger partial charge in [-0.1, -0.05) is 42.5 Å². The van der Waals surface area contributed by atoms with E-state index < -0.39 is 41.4 Å². The largest absolute Gasteiger partial charge is 0.507 e. The molecule has 4 atom stereocenters. The van der Waals surface area contributed by atoms with Crippen LogP contribution in [0.3, 0.4) is 0 Å². The molecule has 0 spiro atoms. The molecule has 2 N–H and O–H groups in total. The molecule has 2 aromatic carbocycles. The number of carbonyl (C=O) groups is 1. The van der Waals surface area contributed by atoms with Gasteiger partial charge in [0.25, 0.3) is 5.91 Å². The fourth-order valence-electron chi connectivity index (χ4n) is 5.00. The number of carbonyl (C=O) groups excluding carboxylic acids is 1. The first-order valence-electron chi connectivity index (χ1n) is 10.2. The number of hydrogen-bond donors (Lipinski definition) is 2. The molecule has 2 aromatic rings. The fraction of sp³-hybridized carbons (Fsp3) is 0.304. The Morgan fingerprint density at radius 3 is 2.65 bits per heavy atom. The van der Waals surface area contributed by atoms with Crippen LogP contribution >= 0.6 is 0 Å². The number of amides is 1. The van der Waals surface area contributed by atoms with E-state index in [-0.39, 0.29) is 17.3 Å². The van der Waals surface area contributed by atoms with Gasteiger partial charge in [0.05, 0.1) is 18.3 Å². The molecule has 6 nitrogen and oxygen atoms in total. The van der Waals surface area contributed by atoms with Gasteiger partial charge in [0, 0.05) is 18.0 Å². The molecule has 0 bridgehead atoms. The molecule has 1 unspecified atom stereocenters. The van der Waals surface area contributed by atoms with Crippen LogP contribution in [0.15, 0.2) is 65.1 Å². The van der Waals surface area contributed by atoms with Crippen LogP contribution in [0.2, 0.25) is 0 Å². The van der Waals surface area contributed by atoms with Crippen molar-refractivity contribution in [1.82, 2.24) is 9.91 Å². The lowest BCUT2D eigenvalue weighted by molar-refractivity contribution is -0.136. The number of aliphatic hydroxyl groups excluding tert-OH is 2. The minimum absolute atomic E-state index is 0.115. The van der Waals surface area contributed by atoms with E-state index in [2.05, 4.69) is 5.10 Å². The summed E-state index contributed by atoms with van der Waals surface area (Å²) in [4.78, 5) is 14.8. The Kier molecular flexibility index (Phi) is 4.74. The minimum Gasteiger partial charge on any atom is -0.507 e. The molecule has 31 heavy (non-hydrogen) atoms. The SMILES string of the molecule is O=C1C2=C(O)C(O)C=NN2[C@@H]([C@H](c2ccccc2)c2cccc(F)c2F)[C@H]2CCCN12. The Balaban J connectivity index is 1.74. The Morgan fingerprint density at radius 1 is 1.10 bits per heavy atom. The maximum atomic E-state index is 15.1. The normalized spacial score (nSPS) is 26.2. The smallest absolute Gasteiger partial charge is 0.276 e. The van der Waals surface area contributed by atoms with Crippen LogP contribution in [0.5, 0.6) is 0 Å². The van der Waals surface area contributed by atoms with Crippen molar-refractivity contribution in [2.24, 2.45) is 5.10 Å². The second-order valence-corrected chi connectivity index (χ2v) is 8.02. The number of nitrogens with zero attached hydrogens (tertiary/aromatic N) is 3. The maximum Gasteiger partial charge on any atom is 0.276 e. The second-order valence-electron chi connectivity index (χ2n) is 8.02. The summed E-state index contributed by atoms with van der Waals surface area (Å²) in [5.41, 5.74) is 0.770. The molecule has 0 aromatic heterocycles. The molecule has 2 fully saturated rings. The Labute approximate surface area is 177 Å². The maximum absolute atomic E-state index is 15.1. The number of hydrazone groups is 1. The number of halogens is 2. The van der Waals surface area contributed by atoms with E-state index in [4.69, 9.17) is 0 Å². The summed E-state index contributed by atoms with van der Waals surface area (Å²) in [6, 6.07) is 12.3. The molecule has 1 amide bonds. The third-order valence-corrected chi connectivity index (χ3v) is 6.34. The zero-order chi connectivity index (χ0) is 21.7. The van der Waals surface area contributed by atoms with Gasteiger partial charge in [-0.05, 0) is 24.5 Å². The Hall–Kier alpha value is -3.26. The van der Waals surface area contributed by atoms with Crippen LogP contribution in [0, 0.1) is 11.6 Å². The topological polar surface area (TPSA) is 76.4 Å². The van der Waals surface area contributed by atoms with Crippen LogP contribution in [-0.2, 0) is 4.79 Å². The standard InChI is InChI=1S/C23H21F2N3O3/c24-15-9-4-8-14(19(15)25)18(13-6-2-1-3-7-13)20-16-10-5-11-27(16)23(31)21-22(30)17(29)12-26-28(20)21/h1-4,6-9,12,16-18,20,29-30H,5,10-11H2/t16-,17?,18-,20-/m1/s1. The summed E-state index contributed by atoms with van der Waals surface area (Å²) in [5, 5.41) is 26.2. The highest BCUT2D eigenvalue weighted by molar-refractivity contribution is 5.96. The highest BCUT2D eigenvalue weighted by atomic mass is 19.2. The van der Waals surface area contributed by atoms with Gasteiger partial charge in [-0.15, -0.1) is 0 Å². The zero-order valence-electron chi connectivity index (χ0n) is 16.5. The number of aliphatic hydroxyl groups is 2. The number of piperazine rings is 1. The molecule has 5 rings (SSSR count). The van der Waals surface area contributed by atoms with Gasteiger partial charge in [-0.25, -0.2) is 8.78 Å². The lowest BCUT2D eigenvalue weighted by atomic mass is 9.79. The molecule has 0 aliphatic carbocycles. The summed E-state index contributed by atoms with van der Waals surface area (Å²) >= 11 is 0. The van der Waals surface area contributed by atoms with Crippen molar-refractivity contribution in [3.05, 3.63) is 82.7 Å². The second kappa shape index (κ2) is 7.46. The first-order chi connectivity index (χ1) is 15.0. The van der Waals surface area contributed by atoms with E-state index in [9.17, 15) is 19.4 Å².